The van der Waals surface area contributed by atoms with Gasteiger partial charge in [0.15, 0.2) is 11.5 Å². The van der Waals surface area contributed by atoms with Gasteiger partial charge in [-0.2, -0.15) is 0 Å². The Bertz CT molecular complexity index is 1700. The Morgan fingerprint density at radius 2 is 1.88 bits per heavy atom. The number of carbonyl (C=O) groups excluding carboxylic acids is 1. The van der Waals surface area contributed by atoms with E-state index in [0.29, 0.717) is 16.8 Å². The first-order chi connectivity index (χ1) is 19.8. The molecule has 1 N–H and O–H groups in total. The number of rotatable bonds is 8. The van der Waals surface area contributed by atoms with Gasteiger partial charge in [0.05, 0.1) is 33.3 Å². The monoisotopic (exact) mass is 631 g/mol. The Labute approximate surface area is 255 Å². The van der Waals surface area contributed by atoms with Crippen molar-refractivity contribution in [3.8, 4) is 18.1 Å². The zero-order valence-electron chi connectivity index (χ0n) is 25.4. The van der Waals surface area contributed by atoms with Gasteiger partial charge in [0.1, 0.15) is 5.76 Å². The van der Waals surface area contributed by atoms with Crippen molar-refractivity contribution >= 4 is 48.0 Å². The molecule has 3 aromatic rings. The lowest BCUT2D eigenvalue weighted by Crippen LogP contribution is -2.29. The average molecular weight is 632 g/mol. The smallest absolute Gasteiger partial charge is 0.450 e. The summed E-state index contributed by atoms with van der Waals surface area (Å²) in [5.74, 6) is 2.12. The Hall–Kier alpha value is -3.55. The minimum Gasteiger partial charge on any atom is -0.450 e. The van der Waals surface area contributed by atoms with Crippen LogP contribution in [0.4, 0.5) is 5.69 Å². The number of alkyl halides is 1. The van der Waals surface area contributed by atoms with Gasteiger partial charge in [-0.1, -0.05) is 5.92 Å². The molecule has 0 bridgehead atoms. The SMILES string of the molecule is C#Cc1cc(C(=O)N2C[C@@H](Cl)c3c2cc(OP(=O)(OC(C)(C)C)OC(C)(C)C)c2[nH]c(C)c(C)c32)oc1/C=C\C[N+](=O)[O-]. The van der Waals surface area contributed by atoms with Crippen molar-refractivity contribution in [2.75, 3.05) is 18.0 Å². The maximum atomic E-state index is 14.1. The number of aromatic nitrogens is 1. The zero-order chi connectivity index (χ0) is 32.1. The number of phosphoric acid groups is 1. The van der Waals surface area contributed by atoms with E-state index < -0.39 is 41.8 Å². The normalized spacial score (nSPS) is 15.7. The van der Waals surface area contributed by atoms with E-state index in [-0.39, 0.29) is 29.4 Å². The maximum absolute atomic E-state index is 14.1. The first-order valence-corrected chi connectivity index (χ1v) is 15.4. The second kappa shape index (κ2) is 11.5. The van der Waals surface area contributed by atoms with E-state index in [1.807, 2.05) is 13.8 Å². The molecule has 1 amide bonds. The molecule has 1 aliphatic heterocycles. The molecular formula is C30H35ClN3O8P. The minimum absolute atomic E-state index is 0.0761. The van der Waals surface area contributed by atoms with Gasteiger partial charge in [-0.05, 0) is 73.1 Å². The van der Waals surface area contributed by atoms with Gasteiger partial charge in [0, 0.05) is 40.2 Å². The summed E-state index contributed by atoms with van der Waals surface area (Å²) in [5.41, 5.74) is 1.89. The van der Waals surface area contributed by atoms with E-state index in [1.165, 1.54) is 23.1 Å². The Kier molecular flexibility index (Phi) is 8.66. The third kappa shape index (κ3) is 7.00. The highest BCUT2D eigenvalue weighted by Crippen LogP contribution is 2.58. The number of hydrogen-bond donors (Lipinski definition) is 1. The second-order valence-electron chi connectivity index (χ2n) is 12.2. The van der Waals surface area contributed by atoms with Crippen molar-refractivity contribution in [2.45, 2.75) is 72.0 Å². The standard InChI is InChI=1S/C30H35ClN3O8P/c1-10-19-14-24(39-22(19)12-11-13-34(36)37)28(35)33-16-20(31)26-21(33)15-23(27-25(26)17(2)18(3)32-27)40-43(38,41-29(4,5)6)42-30(7,8)9/h1,11-12,14-15,20,32H,13,16H2,2-9H3/b12-11-/t20-/m1/s1. The fraction of sp³-hybridized carbons (Fsp3) is 0.433. The number of H-pyrrole nitrogens is 1. The van der Waals surface area contributed by atoms with Crippen molar-refractivity contribution in [2.24, 2.45) is 0 Å². The topological polar surface area (TPSA) is 137 Å². The van der Waals surface area contributed by atoms with Crippen molar-refractivity contribution in [1.82, 2.24) is 4.98 Å². The van der Waals surface area contributed by atoms with Crippen LogP contribution in [0.5, 0.6) is 5.75 Å². The summed E-state index contributed by atoms with van der Waals surface area (Å²) in [6.07, 6.45) is 8.24. The highest BCUT2D eigenvalue weighted by atomic mass is 35.5. The predicted molar refractivity (Wildman–Crippen MR) is 165 cm³/mol. The Balaban J connectivity index is 1.84. The van der Waals surface area contributed by atoms with Crippen molar-refractivity contribution < 1.29 is 32.3 Å². The summed E-state index contributed by atoms with van der Waals surface area (Å²) in [7, 11) is -4.21. The lowest BCUT2D eigenvalue weighted by Gasteiger charge is -2.31. The summed E-state index contributed by atoms with van der Waals surface area (Å²) in [6, 6.07) is 2.99. The van der Waals surface area contributed by atoms with Gasteiger partial charge in [0.25, 0.3) is 5.91 Å². The molecule has 1 aliphatic rings. The number of halogens is 1. The fourth-order valence-electron chi connectivity index (χ4n) is 4.77. The number of aromatic amines is 1. The second-order valence-corrected chi connectivity index (χ2v) is 14.2. The number of nitro groups is 1. The minimum atomic E-state index is -4.21. The van der Waals surface area contributed by atoms with E-state index in [4.69, 9.17) is 36.0 Å². The number of amides is 1. The van der Waals surface area contributed by atoms with Crippen LogP contribution in [0.15, 0.2) is 22.6 Å². The van der Waals surface area contributed by atoms with Gasteiger partial charge < -0.3 is 18.8 Å². The number of fused-ring (bicyclic) bond motifs is 3. The van der Waals surface area contributed by atoms with E-state index in [2.05, 4.69) is 10.9 Å². The number of furan rings is 1. The number of carbonyl (C=O) groups is 1. The van der Waals surface area contributed by atoms with Crippen LogP contribution in [0.3, 0.4) is 0 Å². The number of hydrogen-bond acceptors (Lipinski definition) is 8. The molecule has 230 valence electrons. The van der Waals surface area contributed by atoms with Crippen LogP contribution >= 0.6 is 19.4 Å². The molecule has 1 atom stereocenters. The van der Waals surface area contributed by atoms with E-state index >= 15 is 0 Å². The molecule has 1 aromatic carbocycles. The number of phosphoric ester groups is 1. The maximum Gasteiger partial charge on any atom is 0.531 e. The van der Waals surface area contributed by atoms with Gasteiger partial charge in [-0.3, -0.25) is 24.0 Å². The quantitative estimate of drug-likeness (QED) is 0.0877. The molecule has 4 rings (SSSR count). The van der Waals surface area contributed by atoms with Gasteiger partial charge in [0.2, 0.25) is 6.54 Å². The van der Waals surface area contributed by atoms with Gasteiger partial charge in [-0.15, -0.1) is 18.0 Å². The first kappa shape index (κ1) is 32.4. The molecule has 13 heteroatoms. The third-order valence-corrected chi connectivity index (χ3v) is 8.70. The molecule has 0 spiro atoms. The molecular weight excluding hydrogens is 597 g/mol. The molecule has 43 heavy (non-hydrogen) atoms. The molecule has 0 radical (unpaired) electrons. The average Bonchev–Trinajstić information content (AvgIpc) is 3.50. The number of terminal acetylenes is 1. The Morgan fingerprint density at radius 3 is 2.44 bits per heavy atom. The van der Waals surface area contributed by atoms with Crippen LogP contribution in [0.1, 0.15) is 85.6 Å². The number of nitrogens with zero attached hydrogens (tertiary/aromatic N) is 2. The highest BCUT2D eigenvalue weighted by molar-refractivity contribution is 7.49. The van der Waals surface area contributed by atoms with Crippen LogP contribution in [0.2, 0.25) is 0 Å². The van der Waals surface area contributed by atoms with Crippen molar-refractivity contribution in [3.63, 3.8) is 0 Å². The van der Waals surface area contributed by atoms with Gasteiger partial charge in [-0.25, -0.2) is 4.57 Å². The molecule has 11 nitrogen and oxygen atoms in total. The highest BCUT2D eigenvalue weighted by Gasteiger charge is 2.42. The Morgan fingerprint density at radius 1 is 1.26 bits per heavy atom. The van der Waals surface area contributed by atoms with Gasteiger partial charge >= 0.3 is 7.82 Å². The molecule has 0 fully saturated rings. The predicted octanol–water partition coefficient (Wildman–Crippen LogP) is 7.71. The van der Waals surface area contributed by atoms with Crippen molar-refractivity contribution in [3.05, 3.63) is 62.2 Å². The lowest BCUT2D eigenvalue weighted by molar-refractivity contribution is -0.468. The largest absolute Gasteiger partial charge is 0.531 e. The summed E-state index contributed by atoms with van der Waals surface area (Å²) < 4.78 is 37.7. The third-order valence-electron chi connectivity index (χ3n) is 6.38. The first-order valence-electron chi connectivity index (χ1n) is 13.5. The van der Waals surface area contributed by atoms with E-state index in [9.17, 15) is 19.5 Å². The summed E-state index contributed by atoms with van der Waals surface area (Å²) >= 11 is 6.86. The van der Waals surface area contributed by atoms with Crippen LogP contribution in [-0.2, 0) is 13.6 Å². The van der Waals surface area contributed by atoms with Crippen LogP contribution in [0, 0.1) is 36.3 Å². The number of benzene rings is 1. The molecule has 0 saturated carbocycles. The summed E-state index contributed by atoms with van der Waals surface area (Å²) in [5, 5.41) is 10.9. The lowest BCUT2D eigenvalue weighted by atomic mass is 10.0. The number of anilines is 1. The molecule has 3 heterocycles. The fourth-order valence-corrected chi connectivity index (χ4v) is 6.97. The molecule has 0 unspecified atom stereocenters. The summed E-state index contributed by atoms with van der Waals surface area (Å²) in [4.78, 5) is 28.8. The van der Waals surface area contributed by atoms with E-state index in [0.717, 1.165) is 16.6 Å². The summed E-state index contributed by atoms with van der Waals surface area (Å²) in [6.45, 7) is 13.9. The molecule has 0 aliphatic carbocycles. The van der Waals surface area contributed by atoms with Crippen LogP contribution < -0.4 is 9.42 Å². The number of nitrogens with one attached hydrogen (secondary N) is 1. The number of aryl methyl sites for hydroxylation is 2. The van der Waals surface area contributed by atoms with Crippen LogP contribution in [0.25, 0.3) is 17.0 Å². The molecule has 0 saturated heterocycles. The van der Waals surface area contributed by atoms with E-state index in [1.54, 1.807) is 47.6 Å². The zero-order valence-corrected chi connectivity index (χ0v) is 27.0. The molecule has 2 aromatic heterocycles. The van der Waals surface area contributed by atoms with Crippen LogP contribution in [-0.4, -0.2) is 40.1 Å². The van der Waals surface area contributed by atoms with Crippen molar-refractivity contribution in [1.29, 1.82) is 0 Å².